The first-order valence-corrected chi connectivity index (χ1v) is 9.70. The first kappa shape index (κ1) is 17.5. The molecule has 27 heavy (non-hydrogen) atoms. The van der Waals surface area contributed by atoms with Crippen molar-refractivity contribution in [3.8, 4) is 0 Å². The number of aromatic nitrogens is 2. The van der Waals surface area contributed by atoms with Gasteiger partial charge in [-0.25, -0.2) is 0 Å². The number of benzene rings is 2. The van der Waals surface area contributed by atoms with Crippen molar-refractivity contribution >= 4 is 5.91 Å². The van der Waals surface area contributed by atoms with Gasteiger partial charge in [-0.2, -0.15) is 5.10 Å². The van der Waals surface area contributed by atoms with Crippen molar-refractivity contribution < 1.29 is 4.79 Å². The Balaban J connectivity index is 1.59. The maximum Gasteiger partial charge on any atom is 0.272 e. The molecule has 2 aromatic carbocycles. The van der Waals surface area contributed by atoms with E-state index in [4.69, 9.17) is 5.10 Å². The van der Waals surface area contributed by atoms with Gasteiger partial charge in [0.25, 0.3) is 5.91 Å². The molecule has 3 aromatic rings. The van der Waals surface area contributed by atoms with E-state index in [0.717, 1.165) is 36.8 Å². The topological polar surface area (TPSA) is 46.9 Å². The van der Waals surface area contributed by atoms with E-state index in [2.05, 4.69) is 17.4 Å². The quantitative estimate of drug-likeness (QED) is 0.738. The van der Waals surface area contributed by atoms with Crippen LogP contribution in [0.15, 0.2) is 60.7 Å². The van der Waals surface area contributed by atoms with Crippen LogP contribution in [0.1, 0.15) is 58.7 Å². The molecule has 4 nitrogen and oxygen atoms in total. The van der Waals surface area contributed by atoms with Gasteiger partial charge in [0.2, 0.25) is 0 Å². The summed E-state index contributed by atoms with van der Waals surface area (Å²) < 4.78 is 2.03. The van der Waals surface area contributed by atoms with Crippen LogP contribution in [0.25, 0.3) is 0 Å². The van der Waals surface area contributed by atoms with E-state index in [0.29, 0.717) is 12.2 Å². The fourth-order valence-corrected chi connectivity index (χ4v) is 3.83. The van der Waals surface area contributed by atoms with Crippen molar-refractivity contribution in [1.82, 2.24) is 15.1 Å². The molecule has 0 spiro atoms. The number of nitrogens with one attached hydrogen (secondary N) is 1. The van der Waals surface area contributed by atoms with Gasteiger partial charge < -0.3 is 5.32 Å². The fourth-order valence-electron chi connectivity index (χ4n) is 3.83. The van der Waals surface area contributed by atoms with Crippen molar-refractivity contribution in [3.05, 3.63) is 88.7 Å². The molecule has 4 rings (SSSR count). The van der Waals surface area contributed by atoms with Crippen LogP contribution >= 0.6 is 0 Å². The molecule has 0 unspecified atom stereocenters. The second-order valence-electron chi connectivity index (χ2n) is 7.23. The van der Waals surface area contributed by atoms with Gasteiger partial charge in [0.05, 0.1) is 12.6 Å². The van der Waals surface area contributed by atoms with Gasteiger partial charge in [0.1, 0.15) is 0 Å². The standard InChI is InChI=1S/C23H25N3O/c1-17(19-12-6-3-7-13-19)24-23(27)22-20-14-8-9-15-21(20)26(25-22)16-18-10-4-2-5-11-18/h2-7,10-13,17H,8-9,14-16H2,1H3,(H,24,27)/t17-/m1/s1. The number of hydrogen-bond donors (Lipinski definition) is 1. The lowest BCUT2D eigenvalue weighted by Crippen LogP contribution is -2.28. The molecule has 0 radical (unpaired) electrons. The van der Waals surface area contributed by atoms with E-state index in [1.54, 1.807) is 0 Å². The lowest BCUT2D eigenvalue weighted by Gasteiger charge is -2.16. The molecule has 1 heterocycles. The molecule has 0 bridgehead atoms. The Hall–Kier alpha value is -2.88. The Morgan fingerprint density at radius 1 is 1.04 bits per heavy atom. The van der Waals surface area contributed by atoms with E-state index in [1.807, 2.05) is 60.1 Å². The summed E-state index contributed by atoms with van der Waals surface area (Å²) in [5.74, 6) is -0.0729. The second-order valence-corrected chi connectivity index (χ2v) is 7.23. The first-order chi connectivity index (χ1) is 13.2. The predicted molar refractivity (Wildman–Crippen MR) is 107 cm³/mol. The summed E-state index contributed by atoms with van der Waals surface area (Å²) in [6.07, 6.45) is 4.22. The van der Waals surface area contributed by atoms with Gasteiger partial charge in [0, 0.05) is 11.3 Å². The molecule has 1 N–H and O–H groups in total. The third-order valence-corrected chi connectivity index (χ3v) is 5.29. The number of rotatable bonds is 5. The molecule has 1 aliphatic carbocycles. The van der Waals surface area contributed by atoms with Crippen LogP contribution in [-0.2, 0) is 19.4 Å². The highest BCUT2D eigenvalue weighted by Gasteiger charge is 2.25. The minimum atomic E-state index is -0.0729. The van der Waals surface area contributed by atoms with Gasteiger partial charge in [-0.1, -0.05) is 60.7 Å². The molecule has 1 aromatic heterocycles. The lowest BCUT2D eigenvalue weighted by atomic mass is 9.95. The van der Waals surface area contributed by atoms with Crippen LogP contribution in [0.2, 0.25) is 0 Å². The number of fused-ring (bicyclic) bond motifs is 1. The van der Waals surface area contributed by atoms with Gasteiger partial charge in [-0.15, -0.1) is 0 Å². The highest BCUT2D eigenvalue weighted by Crippen LogP contribution is 2.26. The number of carbonyl (C=O) groups is 1. The number of nitrogens with zero attached hydrogens (tertiary/aromatic N) is 2. The van der Waals surface area contributed by atoms with Crippen molar-refractivity contribution in [1.29, 1.82) is 0 Å². The fraction of sp³-hybridized carbons (Fsp3) is 0.304. The van der Waals surface area contributed by atoms with Crippen LogP contribution in [-0.4, -0.2) is 15.7 Å². The van der Waals surface area contributed by atoms with Crippen molar-refractivity contribution in [2.45, 2.75) is 45.2 Å². The molecule has 1 amide bonds. The van der Waals surface area contributed by atoms with Crippen LogP contribution in [0, 0.1) is 0 Å². The third kappa shape index (κ3) is 3.80. The number of amides is 1. The average Bonchev–Trinajstić information content (AvgIpc) is 3.08. The van der Waals surface area contributed by atoms with Crippen molar-refractivity contribution in [2.75, 3.05) is 0 Å². The molecule has 4 heteroatoms. The van der Waals surface area contributed by atoms with E-state index in [9.17, 15) is 4.79 Å². The van der Waals surface area contributed by atoms with Gasteiger partial charge in [-0.3, -0.25) is 9.48 Å². The summed E-state index contributed by atoms with van der Waals surface area (Å²) >= 11 is 0. The molecular formula is C23H25N3O. The molecular weight excluding hydrogens is 334 g/mol. The zero-order valence-corrected chi connectivity index (χ0v) is 15.7. The Bertz CT molecular complexity index is 916. The van der Waals surface area contributed by atoms with Gasteiger partial charge in [-0.05, 0) is 43.7 Å². The maximum atomic E-state index is 13.0. The van der Waals surface area contributed by atoms with Gasteiger partial charge in [0.15, 0.2) is 5.69 Å². The molecule has 0 fully saturated rings. The molecule has 138 valence electrons. The SMILES string of the molecule is C[C@@H](NC(=O)c1nn(Cc2ccccc2)c2c1CCCC2)c1ccccc1. The Kier molecular flexibility index (Phi) is 5.05. The highest BCUT2D eigenvalue weighted by atomic mass is 16.2. The Morgan fingerprint density at radius 3 is 2.44 bits per heavy atom. The van der Waals surface area contributed by atoms with Crippen LogP contribution in [0.3, 0.4) is 0 Å². The van der Waals surface area contributed by atoms with Crippen LogP contribution < -0.4 is 5.32 Å². The Morgan fingerprint density at radius 2 is 1.70 bits per heavy atom. The van der Waals surface area contributed by atoms with E-state index < -0.39 is 0 Å². The van der Waals surface area contributed by atoms with E-state index >= 15 is 0 Å². The molecule has 0 aliphatic heterocycles. The summed E-state index contributed by atoms with van der Waals surface area (Å²) in [4.78, 5) is 13.0. The van der Waals surface area contributed by atoms with E-state index in [-0.39, 0.29) is 11.9 Å². The average molecular weight is 359 g/mol. The number of hydrogen-bond acceptors (Lipinski definition) is 2. The first-order valence-electron chi connectivity index (χ1n) is 9.70. The summed E-state index contributed by atoms with van der Waals surface area (Å²) in [6, 6.07) is 20.3. The summed E-state index contributed by atoms with van der Waals surface area (Å²) in [5.41, 5.74) is 5.27. The molecule has 1 aliphatic rings. The summed E-state index contributed by atoms with van der Waals surface area (Å²) in [7, 11) is 0. The smallest absolute Gasteiger partial charge is 0.272 e. The Labute approximate surface area is 160 Å². The van der Waals surface area contributed by atoms with Crippen molar-refractivity contribution in [2.24, 2.45) is 0 Å². The molecule has 1 atom stereocenters. The summed E-state index contributed by atoms with van der Waals surface area (Å²) in [6.45, 7) is 2.73. The maximum absolute atomic E-state index is 13.0. The zero-order valence-electron chi connectivity index (χ0n) is 15.7. The molecule has 0 saturated carbocycles. The minimum Gasteiger partial charge on any atom is -0.344 e. The minimum absolute atomic E-state index is 0.0442. The summed E-state index contributed by atoms with van der Waals surface area (Å²) in [5, 5.41) is 7.86. The monoisotopic (exact) mass is 359 g/mol. The number of carbonyl (C=O) groups excluding carboxylic acids is 1. The zero-order chi connectivity index (χ0) is 18.6. The third-order valence-electron chi connectivity index (χ3n) is 5.29. The van der Waals surface area contributed by atoms with Crippen LogP contribution in [0.4, 0.5) is 0 Å². The van der Waals surface area contributed by atoms with Crippen LogP contribution in [0.5, 0.6) is 0 Å². The van der Waals surface area contributed by atoms with Crippen molar-refractivity contribution in [3.63, 3.8) is 0 Å². The van der Waals surface area contributed by atoms with Gasteiger partial charge >= 0.3 is 0 Å². The normalized spacial score (nSPS) is 14.4. The second kappa shape index (κ2) is 7.78. The largest absolute Gasteiger partial charge is 0.344 e. The van der Waals surface area contributed by atoms with E-state index in [1.165, 1.54) is 11.3 Å². The highest BCUT2D eigenvalue weighted by molar-refractivity contribution is 5.94. The lowest BCUT2D eigenvalue weighted by molar-refractivity contribution is 0.0933. The predicted octanol–water partition coefficient (Wildman–Crippen LogP) is 4.30. The molecule has 0 saturated heterocycles.